The summed E-state index contributed by atoms with van der Waals surface area (Å²) in [6, 6.07) is 0. The van der Waals surface area contributed by atoms with Crippen LogP contribution in [0.15, 0.2) is 0 Å². The fourth-order valence-corrected chi connectivity index (χ4v) is 1.73. The van der Waals surface area contributed by atoms with E-state index in [1.807, 2.05) is 0 Å². The van der Waals surface area contributed by atoms with Gasteiger partial charge in [-0.3, -0.25) is 0 Å². The van der Waals surface area contributed by atoms with E-state index >= 15 is 0 Å². The third kappa shape index (κ3) is 2.20. The van der Waals surface area contributed by atoms with Gasteiger partial charge in [-0.25, -0.2) is 0 Å². The first-order valence-electron chi connectivity index (χ1n) is 4.53. The first-order chi connectivity index (χ1) is 5.93. The second-order valence-corrected chi connectivity index (χ2v) is 4.09. The highest BCUT2D eigenvalue weighted by molar-refractivity contribution is 4.92. The minimum atomic E-state index is -0.688. The maximum absolute atomic E-state index is 9.17. The van der Waals surface area contributed by atoms with Gasteiger partial charge in [-0.05, 0) is 27.2 Å². The number of rotatable bonds is 3. The predicted octanol–water partition coefficient (Wildman–Crippen LogP) is 0.271. The van der Waals surface area contributed by atoms with Crippen LogP contribution in [0.5, 0.6) is 0 Å². The molecule has 0 amide bonds. The van der Waals surface area contributed by atoms with Crippen molar-refractivity contribution in [1.29, 1.82) is 0 Å². The molecule has 0 aliphatic carbocycles. The van der Waals surface area contributed by atoms with E-state index in [0.717, 1.165) is 0 Å². The highest BCUT2D eigenvalue weighted by Gasteiger charge is 2.49. The summed E-state index contributed by atoms with van der Waals surface area (Å²) in [5.74, 6) is -0.669. The molecule has 4 heteroatoms. The molecule has 0 aromatic carbocycles. The molecule has 78 valence electrons. The SMILES string of the molecule is CC1(C)OC(CCO)C(C)(CO)O1. The molecule has 4 nitrogen and oxygen atoms in total. The molecule has 0 bridgehead atoms. The monoisotopic (exact) mass is 190 g/mol. The number of hydrogen-bond donors (Lipinski definition) is 2. The van der Waals surface area contributed by atoms with Crippen LogP contribution in [0.1, 0.15) is 27.2 Å². The highest BCUT2D eigenvalue weighted by atomic mass is 16.8. The Morgan fingerprint density at radius 3 is 2.31 bits per heavy atom. The Kier molecular flexibility index (Phi) is 2.97. The van der Waals surface area contributed by atoms with E-state index in [1.165, 1.54) is 0 Å². The summed E-state index contributed by atoms with van der Waals surface area (Å²) in [4.78, 5) is 0. The number of ether oxygens (including phenoxy) is 2. The van der Waals surface area contributed by atoms with Gasteiger partial charge in [-0.15, -0.1) is 0 Å². The maximum atomic E-state index is 9.17. The van der Waals surface area contributed by atoms with Gasteiger partial charge in [0.15, 0.2) is 5.79 Å². The highest BCUT2D eigenvalue weighted by Crippen LogP contribution is 2.37. The summed E-state index contributed by atoms with van der Waals surface area (Å²) in [5.41, 5.74) is -0.688. The third-order valence-corrected chi connectivity index (χ3v) is 2.29. The van der Waals surface area contributed by atoms with Gasteiger partial charge in [0.05, 0.1) is 12.7 Å². The Hall–Kier alpha value is -0.160. The lowest BCUT2D eigenvalue weighted by atomic mass is 9.98. The zero-order valence-corrected chi connectivity index (χ0v) is 8.41. The van der Waals surface area contributed by atoms with Crippen molar-refractivity contribution in [1.82, 2.24) is 0 Å². The molecule has 0 aromatic heterocycles. The molecular weight excluding hydrogens is 172 g/mol. The normalized spacial score (nSPS) is 38.1. The molecule has 2 unspecified atom stereocenters. The van der Waals surface area contributed by atoms with E-state index in [1.54, 1.807) is 20.8 Å². The van der Waals surface area contributed by atoms with Crippen LogP contribution in [0.4, 0.5) is 0 Å². The molecule has 13 heavy (non-hydrogen) atoms. The van der Waals surface area contributed by atoms with Crippen molar-refractivity contribution < 1.29 is 19.7 Å². The Labute approximate surface area is 78.5 Å². The van der Waals surface area contributed by atoms with Crippen molar-refractivity contribution in [3.8, 4) is 0 Å². The van der Waals surface area contributed by atoms with Crippen LogP contribution in [0.2, 0.25) is 0 Å². The second-order valence-electron chi connectivity index (χ2n) is 4.09. The van der Waals surface area contributed by atoms with E-state index in [4.69, 9.17) is 19.7 Å². The molecule has 0 saturated carbocycles. The van der Waals surface area contributed by atoms with Gasteiger partial charge in [0.1, 0.15) is 5.60 Å². The quantitative estimate of drug-likeness (QED) is 0.670. The molecule has 2 atom stereocenters. The smallest absolute Gasteiger partial charge is 0.164 e. The second kappa shape index (κ2) is 3.53. The standard InChI is InChI=1S/C9H18O4/c1-8(2)12-7(4-5-10)9(3,6-11)13-8/h7,10-11H,4-6H2,1-3H3. The zero-order chi connectivity index (χ0) is 10.1. The Morgan fingerprint density at radius 2 is 1.85 bits per heavy atom. The molecule has 0 aromatic rings. The summed E-state index contributed by atoms with van der Waals surface area (Å²) in [7, 11) is 0. The summed E-state index contributed by atoms with van der Waals surface area (Å²) in [6.45, 7) is 5.35. The van der Waals surface area contributed by atoms with E-state index in [-0.39, 0.29) is 19.3 Å². The Balaban J connectivity index is 2.71. The van der Waals surface area contributed by atoms with Crippen LogP contribution in [0, 0.1) is 0 Å². The van der Waals surface area contributed by atoms with Crippen molar-refractivity contribution in [2.24, 2.45) is 0 Å². The minimum Gasteiger partial charge on any atom is -0.396 e. The maximum Gasteiger partial charge on any atom is 0.164 e. The molecule has 1 aliphatic heterocycles. The van der Waals surface area contributed by atoms with Crippen molar-refractivity contribution >= 4 is 0 Å². The first kappa shape index (κ1) is 10.9. The van der Waals surface area contributed by atoms with Gasteiger partial charge >= 0.3 is 0 Å². The van der Waals surface area contributed by atoms with Crippen molar-refractivity contribution in [3.05, 3.63) is 0 Å². The average molecular weight is 190 g/mol. The average Bonchev–Trinajstić information content (AvgIpc) is 2.24. The first-order valence-corrected chi connectivity index (χ1v) is 4.53. The van der Waals surface area contributed by atoms with Crippen LogP contribution >= 0.6 is 0 Å². The summed E-state index contributed by atoms with van der Waals surface area (Å²) in [5, 5.41) is 18.0. The van der Waals surface area contributed by atoms with Crippen molar-refractivity contribution in [2.45, 2.75) is 44.7 Å². The van der Waals surface area contributed by atoms with E-state index in [0.29, 0.717) is 6.42 Å². The van der Waals surface area contributed by atoms with Crippen LogP contribution < -0.4 is 0 Å². The van der Waals surface area contributed by atoms with Gasteiger partial charge in [0, 0.05) is 6.61 Å². The van der Waals surface area contributed by atoms with Gasteiger partial charge in [0.25, 0.3) is 0 Å². The Bertz CT molecular complexity index is 180. The third-order valence-electron chi connectivity index (χ3n) is 2.29. The van der Waals surface area contributed by atoms with Gasteiger partial charge in [-0.1, -0.05) is 0 Å². The molecule has 1 aliphatic rings. The largest absolute Gasteiger partial charge is 0.396 e. The molecule has 1 rings (SSSR count). The van der Waals surface area contributed by atoms with Crippen molar-refractivity contribution in [2.75, 3.05) is 13.2 Å². The lowest BCUT2D eigenvalue weighted by Gasteiger charge is -2.25. The zero-order valence-electron chi connectivity index (χ0n) is 8.41. The fourth-order valence-electron chi connectivity index (χ4n) is 1.73. The number of aliphatic hydroxyl groups excluding tert-OH is 2. The molecule has 0 radical (unpaired) electrons. The van der Waals surface area contributed by atoms with E-state index in [2.05, 4.69) is 0 Å². The van der Waals surface area contributed by atoms with E-state index < -0.39 is 11.4 Å². The van der Waals surface area contributed by atoms with Gasteiger partial charge < -0.3 is 19.7 Å². The Morgan fingerprint density at radius 1 is 1.23 bits per heavy atom. The van der Waals surface area contributed by atoms with Crippen LogP contribution in [-0.2, 0) is 9.47 Å². The summed E-state index contributed by atoms with van der Waals surface area (Å²) >= 11 is 0. The van der Waals surface area contributed by atoms with Crippen LogP contribution in [0.3, 0.4) is 0 Å². The van der Waals surface area contributed by atoms with Crippen LogP contribution in [-0.4, -0.2) is 40.9 Å². The molecular formula is C9H18O4. The summed E-state index contributed by atoms with van der Waals surface area (Å²) < 4.78 is 11.1. The molecule has 1 fully saturated rings. The minimum absolute atomic E-state index is 0.0414. The predicted molar refractivity (Wildman–Crippen MR) is 47.2 cm³/mol. The lowest BCUT2D eigenvalue weighted by molar-refractivity contribution is -0.166. The van der Waals surface area contributed by atoms with Gasteiger partial charge in [-0.2, -0.15) is 0 Å². The molecule has 2 N–H and O–H groups in total. The van der Waals surface area contributed by atoms with Gasteiger partial charge in [0.2, 0.25) is 0 Å². The topological polar surface area (TPSA) is 58.9 Å². The molecule has 1 heterocycles. The molecule has 0 spiro atoms. The van der Waals surface area contributed by atoms with E-state index in [9.17, 15) is 0 Å². The van der Waals surface area contributed by atoms with Crippen molar-refractivity contribution in [3.63, 3.8) is 0 Å². The fraction of sp³-hybridized carbons (Fsp3) is 1.00. The number of hydrogen-bond acceptors (Lipinski definition) is 4. The lowest BCUT2D eigenvalue weighted by Crippen LogP contribution is -2.41. The number of aliphatic hydroxyl groups is 2. The summed E-state index contributed by atoms with van der Waals surface area (Å²) in [6.07, 6.45) is 0.248. The molecule has 1 saturated heterocycles. The van der Waals surface area contributed by atoms with Crippen LogP contribution in [0.25, 0.3) is 0 Å².